The largest absolute Gasteiger partial charge is 0.291 e. The summed E-state index contributed by atoms with van der Waals surface area (Å²) in [5.74, 6) is 0. The van der Waals surface area contributed by atoms with Gasteiger partial charge in [0, 0.05) is 18.6 Å². The number of halogens is 1. The molecule has 0 radical (unpaired) electrons. The lowest BCUT2D eigenvalue weighted by Crippen LogP contribution is -2.28. The van der Waals surface area contributed by atoms with Crippen LogP contribution in [0.2, 0.25) is 5.02 Å². The van der Waals surface area contributed by atoms with Gasteiger partial charge in [0.25, 0.3) is 0 Å². The lowest BCUT2D eigenvalue weighted by Gasteiger charge is -2.29. The number of benzene rings is 1. The monoisotopic (exact) mass is 211 g/mol. The van der Waals surface area contributed by atoms with Crippen LogP contribution in [0.5, 0.6) is 0 Å². The highest BCUT2D eigenvalue weighted by molar-refractivity contribution is 6.30. The molecule has 1 aliphatic heterocycles. The molecule has 1 aliphatic rings. The maximum Gasteiger partial charge on any atom is 0.104 e. The molecule has 1 fully saturated rings. The Morgan fingerprint density at radius 2 is 2.07 bits per heavy atom. The molecule has 0 saturated carbocycles. The average molecular weight is 212 g/mol. The number of rotatable bonds is 1. The van der Waals surface area contributed by atoms with Crippen LogP contribution in [-0.2, 0) is 4.84 Å². The maximum atomic E-state index is 5.83. The Hall–Kier alpha value is -0.570. The highest BCUT2D eigenvalue weighted by Gasteiger charge is 2.19. The van der Waals surface area contributed by atoms with Crippen molar-refractivity contribution in [3.05, 3.63) is 34.9 Å². The molecule has 1 aromatic rings. The molecule has 1 atom stereocenters. The summed E-state index contributed by atoms with van der Waals surface area (Å²) in [4.78, 5) is 5.70. The van der Waals surface area contributed by atoms with Crippen molar-refractivity contribution < 1.29 is 4.84 Å². The van der Waals surface area contributed by atoms with Crippen LogP contribution >= 0.6 is 11.6 Å². The number of hydrogen-bond acceptors (Lipinski definition) is 2. The van der Waals surface area contributed by atoms with Crippen molar-refractivity contribution in [3.8, 4) is 0 Å². The molecular formula is C11H14ClNO. The van der Waals surface area contributed by atoms with E-state index in [-0.39, 0.29) is 6.10 Å². The van der Waals surface area contributed by atoms with E-state index >= 15 is 0 Å². The summed E-state index contributed by atoms with van der Waals surface area (Å²) in [5, 5.41) is 2.68. The third-order valence-electron chi connectivity index (χ3n) is 2.49. The zero-order valence-corrected chi connectivity index (χ0v) is 9.00. The van der Waals surface area contributed by atoms with Gasteiger partial charge in [0.05, 0.1) is 0 Å². The van der Waals surface area contributed by atoms with Gasteiger partial charge in [0.2, 0.25) is 0 Å². The molecular weight excluding hydrogens is 198 g/mol. The van der Waals surface area contributed by atoms with Gasteiger partial charge in [-0.1, -0.05) is 23.7 Å². The lowest BCUT2D eigenvalue weighted by atomic mass is 10.0. The molecule has 1 saturated heterocycles. The average Bonchev–Trinajstić information content (AvgIpc) is 2.19. The Morgan fingerprint density at radius 1 is 1.36 bits per heavy atom. The Labute approximate surface area is 89.4 Å². The molecule has 0 aliphatic carbocycles. The van der Waals surface area contributed by atoms with Gasteiger partial charge in [-0.3, -0.25) is 4.84 Å². The van der Waals surface area contributed by atoms with Crippen molar-refractivity contribution >= 4 is 11.6 Å². The molecule has 0 aromatic heterocycles. The van der Waals surface area contributed by atoms with E-state index < -0.39 is 0 Å². The van der Waals surface area contributed by atoms with Gasteiger partial charge in [-0.2, -0.15) is 5.06 Å². The second kappa shape index (κ2) is 4.30. The molecule has 14 heavy (non-hydrogen) atoms. The number of nitrogens with zero attached hydrogens (tertiary/aromatic N) is 1. The summed E-state index contributed by atoms with van der Waals surface area (Å²) >= 11 is 5.83. The first-order chi connectivity index (χ1) is 6.75. The summed E-state index contributed by atoms with van der Waals surface area (Å²) < 4.78 is 0. The molecule has 2 nitrogen and oxygen atoms in total. The number of hydrogen-bond donors (Lipinski definition) is 0. The molecule has 0 N–H and O–H groups in total. The predicted molar refractivity (Wildman–Crippen MR) is 57.1 cm³/mol. The van der Waals surface area contributed by atoms with Crippen LogP contribution < -0.4 is 0 Å². The van der Waals surface area contributed by atoms with Gasteiger partial charge in [0.15, 0.2) is 0 Å². The van der Waals surface area contributed by atoms with Crippen LogP contribution in [0.1, 0.15) is 24.5 Å². The summed E-state index contributed by atoms with van der Waals surface area (Å²) in [5.41, 5.74) is 1.21. The standard InChI is InChI=1S/C11H14ClNO/c1-13-8-2-3-11(14-13)9-4-6-10(12)7-5-9/h4-7,11H,2-3,8H2,1H3. The van der Waals surface area contributed by atoms with Crippen molar-refractivity contribution in [2.24, 2.45) is 0 Å². The molecule has 1 unspecified atom stereocenters. The molecule has 76 valence electrons. The SMILES string of the molecule is CN1CCCC(c2ccc(Cl)cc2)O1. The van der Waals surface area contributed by atoms with Crippen molar-refractivity contribution in [2.45, 2.75) is 18.9 Å². The van der Waals surface area contributed by atoms with Crippen LogP contribution in [0, 0.1) is 0 Å². The Morgan fingerprint density at radius 3 is 2.71 bits per heavy atom. The quantitative estimate of drug-likeness (QED) is 0.708. The van der Waals surface area contributed by atoms with Crippen molar-refractivity contribution in [3.63, 3.8) is 0 Å². The molecule has 0 spiro atoms. The van der Waals surface area contributed by atoms with Crippen molar-refractivity contribution in [1.29, 1.82) is 0 Å². The fourth-order valence-corrected chi connectivity index (χ4v) is 1.85. The lowest BCUT2D eigenvalue weighted by molar-refractivity contribution is -0.208. The first-order valence-electron chi connectivity index (χ1n) is 4.89. The van der Waals surface area contributed by atoms with Gasteiger partial charge in [0.1, 0.15) is 6.10 Å². The smallest absolute Gasteiger partial charge is 0.104 e. The molecule has 0 bridgehead atoms. The normalized spacial score (nSPS) is 23.7. The highest BCUT2D eigenvalue weighted by Crippen LogP contribution is 2.28. The van der Waals surface area contributed by atoms with E-state index in [1.54, 1.807) is 0 Å². The molecule has 1 heterocycles. The zero-order chi connectivity index (χ0) is 9.97. The minimum atomic E-state index is 0.200. The van der Waals surface area contributed by atoms with Crippen LogP contribution in [-0.4, -0.2) is 18.7 Å². The van der Waals surface area contributed by atoms with Crippen molar-refractivity contribution in [2.75, 3.05) is 13.6 Å². The molecule has 1 aromatic carbocycles. The maximum absolute atomic E-state index is 5.83. The third-order valence-corrected chi connectivity index (χ3v) is 2.74. The van der Waals surface area contributed by atoms with Gasteiger partial charge >= 0.3 is 0 Å². The summed E-state index contributed by atoms with van der Waals surface area (Å²) in [6.07, 6.45) is 2.47. The molecule has 3 heteroatoms. The topological polar surface area (TPSA) is 12.5 Å². The second-order valence-electron chi connectivity index (χ2n) is 3.64. The van der Waals surface area contributed by atoms with Crippen molar-refractivity contribution in [1.82, 2.24) is 5.06 Å². The van der Waals surface area contributed by atoms with Crippen LogP contribution in [0.4, 0.5) is 0 Å². The summed E-state index contributed by atoms with van der Waals surface area (Å²) in [6.45, 7) is 1.02. The Balaban J connectivity index is 2.10. The second-order valence-corrected chi connectivity index (χ2v) is 4.08. The Kier molecular flexibility index (Phi) is 3.06. The van der Waals surface area contributed by atoms with Gasteiger partial charge < -0.3 is 0 Å². The number of hydroxylamine groups is 2. The van der Waals surface area contributed by atoms with Gasteiger partial charge in [-0.05, 0) is 30.5 Å². The van der Waals surface area contributed by atoms with Gasteiger partial charge in [-0.15, -0.1) is 0 Å². The van der Waals surface area contributed by atoms with Crippen LogP contribution in [0.3, 0.4) is 0 Å². The first-order valence-corrected chi connectivity index (χ1v) is 5.27. The van der Waals surface area contributed by atoms with E-state index in [0.717, 1.165) is 18.0 Å². The van der Waals surface area contributed by atoms with E-state index in [9.17, 15) is 0 Å². The molecule has 2 rings (SSSR count). The first kappa shape index (κ1) is 9.97. The van der Waals surface area contributed by atoms with Gasteiger partial charge in [-0.25, -0.2) is 0 Å². The molecule has 0 amide bonds. The highest BCUT2D eigenvalue weighted by atomic mass is 35.5. The van der Waals surface area contributed by atoms with E-state index in [0.29, 0.717) is 0 Å². The zero-order valence-electron chi connectivity index (χ0n) is 8.24. The van der Waals surface area contributed by atoms with E-state index in [1.807, 2.05) is 36.4 Å². The van der Waals surface area contributed by atoms with Crippen LogP contribution in [0.15, 0.2) is 24.3 Å². The van der Waals surface area contributed by atoms with E-state index in [1.165, 1.54) is 12.0 Å². The minimum absolute atomic E-state index is 0.200. The fraction of sp³-hybridized carbons (Fsp3) is 0.455. The summed E-state index contributed by atoms with van der Waals surface area (Å²) in [6, 6.07) is 7.89. The fourth-order valence-electron chi connectivity index (χ4n) is 1.73. The minimum Gasteiger partial charge on any atom is -0.291 e. The predicted octanol–water partition coefficient (Wildman–Crippen LogP) is 3.04. The third kappa shape index (κ3) is 2.27. The van der Waals surface area contributed by atoms with E-state index in [4.69, 9.17) is 16.4 Å². The summed E-state index contributed by atoms with van der Waals surface area (Å²) in [7, 11) is 1.97. The Bertz CT molecular complexity index is 299. The van der Waals surface area contributed by atoms with E-state index in [2.05, 4.69) is 0 Å². The van der Waals surface area contributed by atoms with Crippen LogP contribution in [0.25, 0.3) is 0 Å².